The molecule has 1 heterocycles. The Morgan fingerprint density at radius 3 is 2.55 bits per heavy atom. The summed E-state index contributed by atoms with van der Waals surface area (Å²) in [6.45, 7) is 4.22. The molecule has 0 amide bonds. The van der Waals surface area contributed by atoms with Gasteiger partial charge in [-0.2, -0.15) is 18.2 Å². The first kappa shape index (κ1) is 21.4. The fourth-order valence-electron chi connectivity index (χ4n) is 3.69. The predicted octanol–water partition coefficient (Wildman–Crippen LogP) is 6.17. The van der Waals surface area contributed by atoms with Gasteiger partial charge in [0.2, 0.25) is 0 Å². The Hall–Kier alpha value is -2.31. The molecule has 29 heavy (non-hydrogen) atoms. The van der Waals surface area contributed by atoms with Crippen molar-refractivity contribution in [1.82, 2.24) is 9.97 Å². The quantitative estimate of drug-likeness (QED) is 0.574. The van der Waals surface area contributed by atoms with Crippen molar-refractivity contribution in [2.24, 2.45) is 5.92 Å². The van der Waals surface area contributed by atoms with Crippen molar-refractivity contribution < 1.29 is 17.9 Å². The van der Waals surface area contributed by atoms with Gasteiger partial charge in [0.05, 0.1) is 0 Å². The lowest BCUT2D eigenvalue weighted by atomic mass is 9.98. The highest BCUT2D eigenvalue weighted by Crippen LogP contribution is 2.38. The van der Waals surface area contributed by atoms with Crippen LogP contribution in [0.15, 0.2) is 30.5 Å². The fourth-order valence-corrected chi connectivity index (χ4v) is 3.69. The van der Waals surface area contributed by atoms with Crippen LogP contribution in [0.25, 0.3) is 0 Å². The molecule has 3 rings (SSSR count). The number of alkyl halides is 3. The van der Waals surface area contributed by atoms with E-state index in [-0.39, 0.29) is 17.9 Å². The lowest BCUT2D eigenvalue weighted by Crippen LogP contribution is -2.23. The number of benzene rings is 1. The van der Waals surface area contributed by atoms with Gasteiger partial charge < -0.3 is 9.64 Å². The van der Waals surface area contributed by atoms with Crippen molar-refractivity contribution in [3.63, 3.8) is 0 Å². The smallest absolute Gasteiger partial charge is 0.421 e. The number of hydrogen-bond acceptors (Lipinski definition) is 4. The summed E-state index contributed by atoms with van der Waals surface area (Å²) in [6, 6.07) is 7.54. The van der Waals surface area contributed by atoms with Crippen LogP contribution < -0.4 is 9.64 Å². The molecule has 7 heteroatoms. The minimum atomic E-state index is -4.55. The molecule has 0 unspecified atom stereocenters. The van der Waals surface area contributed by atoms with Crippen LogP contribution in [0.2, 0.25) is 0 Å². The van der Waals surface area contributed by atoms with Gasteiger partial charge in [-0.05, 0) is 55.7 Å². The fraction of sp³-hybridized carbons (Fsp3) is 0.545. The zero-order valence-corrected chi connectivity index (χ0v) is 17.2. The third-order valence-electron chi connectivity index (χ3n) is 5.14. The van der Waals surface area contributed by atoms with Gasteiger partial charge in [0.15, 0.2) is 5.82 Å². The van der Waals surface area contributed by atoms with Crippen molar-refractivity contribution in [2.75, 3.05) is 11.9 Å². The van der Waals surface area contributed by atoms with E-state index in [1.54, 1.807) is 13.1 Å². The molecule has 4 nitrogen and oxygen atoms in total. The van der Waals surface area contributed by atoms with Crippen molar-refractivity contribution in [3.05, 3.63) is 41.6 Å². The highest BCUT2D eigenvalue weighted by molar-refractivity contribution is 5.63. The standard InChI is InChI=1S/C22H28F3N3O/c1-15(2)12-16-8-7-9-17(13-16)28(3)20-19(22(23,24)25)14-26-21(27-20)29-18-10-5-4-6-11-18/h7-9,13-15,18H,4-6,10-12H2,1-3H3. The Bertz CT molecular complexity index is 817. The van der Waals surface area contributed by atoms with Crippen LogP contribution >= 0.6 is 0 Å². The summed E-state index contributed by atoms with van der Waals surface area (Å²) in [4.78, 5) is 9.49. The van der Waals surface area contributed by atoms with Gasteiger partial charge in [-0.25, -0.2) is 4.98 Å². The van der Waals surface area contributed by atoms with E-state index in [0.29, 0.717) is 11.6 Å². The van der Waals surface area contributed by atoms with Gasteiger partial charge in [-0.3, -0.25) is 0 Å². The molecule has 1 fully saturated rings. The van der Waals surface area contributed by atoms with Crippen molar-refractivity contribution in [2.45, 2.75) is 64.7 Å². The van der Waals surface area contributed by atoms with E-state index < -0.39 is 11.7 Å². The molecule has 0 saturated heterocycles. The largest absolute Gasteiger partial charge is 0.460 e. The SMILES string of the molecule is CC(C)Cc1cccc(N(C)c2nc(OC3CCCCC3)ncc2C(F)(F)F)c1. The van der Waals surface area contributed by atoms with Gasteiger partial charge in [0, 0.05) is 18.9 Å². The normalized spacial score (nSPS) is 15.6. The first-order valence-electron chi connectivity index (χ1n) is 10.2. The van der Waals surface area contributed by atoms with E-state index >= 15 is 0 Å². The molecule has 0 atom stereocenters. The minimum absolute atomic E-state index is 0.00471. The molecular formula is C22H28F3N3O. The molecule has 1 aliphatic carbocycles. The van der Waals surface area contributed by atoms with Crippen LogP contribution in [-0.4, -0.2) is 23.1 Å². The van der Waals surface area contributed by atoms with Gasteiger partial charge in [-0.1, -0.05) is 32.4 Å². The number of ether oxygens (including phenoxy) is 1. The Morgan fingerprint density at radius 1 is 1.17 bits per heavy atom. The van der Waals surface area contributed by atoms with E-state index in [1.165, 1.54) is 4.90 Å². The first-order valence-corrected chi connectivity index (χ1v) is 10.2. The molecule has 0 spiro atoms. The average molecular weight is 407 g/mol. The van der Waals surface area contributed by atoms with Gasteiger partial charge in [-0.15, -0.1) is 0 Å². The summed E-state index contributed by atoms with van der Waals surface area (Å²) in [5.41, 5.74) is 0.854. The summed E-state index contributed by atoms with van der Waals surface area (Å²) >= 11 is 0. The van der Waals surface area contributed by atoms with Crippen LogP contribution in [0.4, 0.5) is 24.7 Å². The lowest BCUT2D eigenvalue weighted by molar-refractivity contribution is -0.137. The first-order chi connectivity index (χ1) is 13.7. The monoisotopic (exact) mass is 407 g/mol. The minimum Gasteiger partial charge on any atom is -0.460 e. The molecule has 0 radical (unpaired) electrons. The summed E-state index contributed by atoms with van der Waals surface area (Å²) in [5.74, 6) is 0.260. The molecule has 1 aromatic heterocycles. The third-order valence-corrected chi connectivity index (χ3v) is 5.14. The highest BCUT2D eigenvalue weighted by atomic mass is 19.4. The van der Waals surface area contributed by atoms with Crippen LogP contribution in [0, 0.1) is 5.92 Å². The molecule has 2 aromatic rings. The Labute approximate surface area is 170 Å². The van der Waals surface area contributed by atoms with Crippen molar-refractivity contribution in [3.8, 4) is 6.01 Å². The van der Waals surface area contributed by atoms with Crippen LogP contribution in [0.1, 0.15) is 57.1 Å². The zero-order valence-electron chi connectivity index (χ0n) is 17.2. The van der Waals surface area contributed by atoms with E-state index in [4.69, 9.17) is 4.74 Å². The summed E-state index contributed by atoms with van der Waals surface area (Å²) < 4.78 is 46.7. The number of halogens is 3. The maximum absolute atomic E-state index is 13.6. The lowest BCUT2D eigenvalue weighted by Gasteiger charge is -2.25. The molecular weight excluding hydrogens is 379 g/mol. The van der Waals surface area contributed by atoms with Crippen LogP contribution in [0.3, 0.4) is 0 Å². The second-order valence-electron chi connectivity index (χ2n) is 8.09. The maximum Gasteiger partial charge on any atom is 0.421 e. The molecule has 0 N–H and O–H groups in total. The number of hydrogen-bond donors (Lipinski definition) is 0. The van der Waals surface area contributed by atoms with E-state index in [1.807, 2.05) is 18.2 Å². The second-order valence-corrected chi connectivity index (χ2v) is 8.09. The Balaban J connectivity index is 1.93. The number of aromatic nitrogens is 2. The molecule has 0 aliphatic heterocycles. The van der Waals surface area contributed by atoms with E-state index in [2.05, 4.69) is 23.8 Å². The van der Waals surface area contributed by atoms with Gasteiger partial charge in [0.1, 0.15) is 11.7 Å². The van der Waals surface area contributed by atoms with Crippen molar-refractivity contribution in [1.29, 1.82) is 0 Å². The molecule has 158 valence electrons. The molecule has 1 saturated carbocycles. The third kappa shape index (κ3) is 5.61. The Morgan fingerprint density at radius 2 is 1.90 bits per heavy atom. The van der Waals surface area contributed by atoms with Crippen molar-refractivity contribution >= 4 is 11.5 Å². The topological polar surface area (TPSA) is 38.2 Å². The van der Waals surface area contributed by atoms with Gasteiger partial charge in [0.25, 0.3) is 0 Å². The molecule has 1 aromatic carbocycles. The Kier molecular flexibility index (Phi) is 6.65. The van der Waals surface area contributed by atoms with Crippen LogP contribution in [0.5, 0.6) is 6.01 Å². The maximum atomic E-state index is 13.6. The van der Waals surface area contributed by atoms with Crippen LogP contribution in [-0.2, 0) is 12.6 Å². The second kappa shape index (κ2) is 9.01. The van der Waals surface area contributed by atoms with Gasteiger partial charge >= 0.3 is 12.2 Å². The summed E-state index contributed by atoms with van der Waals surface area (Å²) in [5, 5.41) is 0. The predicted molar refractivity (Wildman–Crippen MR) is 108 cm³/mol. The highest BCUT2D eigenvalue weighted by Gasteiger charge is 2.37. The number of nitrogens with zero attached hydrogens (tertiary/aromatic N) is 3. The molecule has 0 bridgehead atoms. The zero-order chi connectivity index (χ0) is 21.0. The summed E-state index contributed by atoms with van der Waals surface area (Å²) in [6.07, 6.45) is 2.13. The van der Waals surface area contributed by atoms with E-state index in [9.17, 15) is 13.2 Å². The number of anilines is 2. The molecule has 1 aliphatic rings. The summed E-state index contributed by atoms with van der Waals surface area (Å²) in [7, 11) is 1.59. The van der Waals surface area contributed by atoms with E-state index in [0.717, 1.165) is 50.3 Å². The average Bonchev–Trinajstić information content (AvgIpc) is 2.67. The number of rotatable bonds is 6.